The van der Waals surface area contributed by atoms with Gasteiger partial charge >= 0.3 is 0 Å². The van der Waals surface area contributed by atoms with E-state index >= 15 is 0 Å². The number of nitriles is 1. The third-order valence-electron chi connectivity index (χ3n) is 6.86. The Balaban J connectivity index is 1.53. The zero-order valence-electron chi connectivity index (χ0n) is 20.1. The molecule has 36 heavy (non-hydrogen) atoms. The highest BCUT2D eigenvalue weighted by molar-refractivity contribution is 5.94. The van der Waals surface area contributed by atoms with Gasteiger partial charge in [-0.3, -0.25) is 9.69 Å². The maximum absolute atomic E-state index is 13.0. The van der Waals surface area contributed by atoms with Crippen LogP contribution in [0.3, 0.4) is 0 Å². The summed E-state index contributed by atoms with van der Waals surface area (Å²) in [7, 11) is 1.63. The first-order chi connectivity index (χ1) is 17.6. The first-order valence-electron chi connectivity index (χ1n) is 12.0. The van der Waals surface area contributed by atoms with Crippen molar-refractivity contribution >= 4 is 16.7 Å². The number of aromatic hydroxyl groups is 1. The second kappa shape index (κ2) is 10.1. The third-order valence-corrected chi connectivity index (χ3v) is 6.86. The van der Waals surface area contributed by atoms with Crippen LogP contribution in [0.2, 0.25) is 0 Å². The first kappa shape index (κ1) is 23.4. The van der Waals surface area contributed by atoms with Gasteiger partial charge in [-0.1, -0.05) is 42.5 Å². The van der Waals surface area contributed by atoms with Crippen LogP contribution in [0.4, 0.5) is 0 Å². The average Bonchev–Trinajstić information content (AvgIpc) is 2.95. The number of fused-ring (bicyclic) bond motifs is 1. The van der Waals surface area contributed by atoms with Crippen molar-refractivity contribution in [2.75, 3.05) is 33.3 Å². The average molecular weight is 478 g/mol. The van der Waals surface area contributed by atoms with Gasteiger partial charge in [0.05, 0.1) is 24.8 Å². The molecule has 1 aliphatic heterocycles. The van der Waals surface area contributed by atoms with Crippen LogP contribution in [0.25, 0.3) is 10.8 Å². The lowest BCUT2D eigenvalue weighted by molar-refractivity contribution is 0.0596. The van der Waals surface area contributed by atoms with Crippen molar-refractivity contribution in [3.05, 3.63) is 107 Å². The van der Waals surface area contributed by atoms with E-state index in [9.17, 15) is 15.2 Å². The highest BCUT2D eigenvalue weighted by Crippen LogP contribution is 2.41. The molecule has 5 rings (SSSR count). The third kappa shape index (κ3) is 4.49. The number of phenols is 1. The van der Waals surface area contributed by atoms with E-state index in [1.807, 2.05) is 71.6 Å². The zero-order chi connectivity index (χ0) is 25.1. The Morgan fingerprint density at radius 3 is 2.31 bits per heavy atom. The van der Waals surface area contributed by atoms with Gasteiger partial charge in [0.2, 0.25) is 0 Å². The molecule has 1 N–H and O–H groups in total. The molecule has 0 radical (unpaired) electrons. The summed E-state index contributed by atoms with van der Waals surface area (Å²) >= 11 is 0. The molecule has 4 aromatic carbocycles. The number of amides is 1. The summed E-state index contributed by atoms with van der Waals surface area (Å²) in [6.07, 6.45) is 0. The molecule has 1 atom stereocenters. The van der Waals surface area contributed by atoms with E-state index in [1.54, 1.807) is 25.3 Å². The van der Waals surface area contributed by atoms with Crippen molar-refractivity contribution in [3.8, 4) is 17.6 Å². The number of phenolic OH excluding ortho intramolecular Hbond substituents is 1. The molecular weight excluding hydrogens is 450 g/mol. The second-order valence-electron chi connectivity index (χ2n) is 8.92. The molecule has 0 aromatic heterocycles. The van der Waals surface area contributed by atoms with Gasteiger partial charge in [0.1, 0.15) is 11.5 Å². The number of methoxy groups -OCH3 is 1. The van der Waals surface area contributed by atoms with Crippen molar-refractivity contribution in [1.82, 2.24) is 9.80 Å². The monoisotopic (exact) mass is 477 g/mol. The molecular formula is C30H27N3O3. The smallest absolute Gasteiger partial charge is 0.253 e. The van der Waals surface area contributed by atoms with Gasteiger partial charge in [-0.15, -0.1) is 0 Å². The zero-order valence-corrected chi connectivity index (χ0v) is 20.1. The lowest BCUT2D eigenvalue weighted by atomic mass is 9.90. The highest BCUT2D eigenvalue weighted by atomic mass is 16.5. The minimum atomic E-state index is -0.262. The number of nitrogens with zero attached hydrogens (tertiary/aromatic N) is 3. The quantitative estimate of drug-likeness (QED) is 0.439. The van der Waals surface area contributed by atoms with Crippen LogP contribution in [0, 0.1) is 11.3 Å². The van der Waals surface area contributed by atoms with Crippen LogP contribution < -0.4 is 4.74 Å². The van der Waals surface area contributed by atoms with Crippen molar-refractivity contribution in [2.24, 2.45) is 0 Å². The van der Waals surface area contributed by atoms with Crippen LogP contribution in [0.1, 0.15) is 33.1 Å². The molecule has 1 heterocycles. The fourth-order valence-corrected chi connectivity index (χ4v) is 4.97. The van der Waals surface area contributed by atoms with Gasteiger partial charge in [-0.05, 0) is 58.8 Å². The van der Waals surface area contributed by atoms with Gasteiger partial charge in [-0.25, -0.2) is 0 Å². The van der Waals surface area contributed by atoms with Gasteiger partial charge in [-0.2, -0.15) is 5.26 Å². The molecule has 1 amide bonds. The highest BCUT2D eigenvalue weighted by Gasteiger charge is 2.31. The summed E-state index contributed by atoms with van der Waals surface area (Å²) in [6, 6.07) is 28.3. The molecule has 0 unspecified atom stereocenters. The summed E-state index contributed by atoms with van der Waals surface area (Å²) in [6.45, 7) is 2.44. The van der Waals surface area contributed by atoms with Crippen molar-refractivity contribution < 1.29 is 14.6 Å². The Kier molecular flexibility index (Phi) is 6.57. The fraction of sp³-hybridized carbons (Fsp3) is 0.200. The predicted molar refractivity (Wildman–Crippen MR) is 139 cm³/mol. The molecule has 0 saturated carbocycles. The normalized spacial score (nSPS) is 14.8. The van der Waals surface area contributed by atoms with E-state index in [2.05, 4.69) is 11.0 Å². The number of piperazine rings is 1. The van der Waals surface area contributed by atoms with E-state index in [1.165, 1.54) is 0 Å². The number of carbonyl (C=O) groups excluding carboxylic acids is 1. The SMILES string of the molecule is COc1ccc2ccc(O)c([C@H](c3ccc(C#N)cc3)N3CCN(C(=O)c4ccccc4)CC3)c2c1. The van der Waals surface area contributed by atoms with E-state index in [4.69, 9.17) is 4.74 Å². The number of benzene rings is 4. The molecule has 6 heteroatoms. The molecule has 0 aliphatic carbocycles. The summed E-state index contributed by atoms with van der Waals surface area (Å²) < 4.78 is 5.49. The van der Waals surface area contributed by atoms with Crippen molar-refractivity contribution in [1.29, 1.82) is 5.26 Å². The van der Waals surface area contributed by atoms with Gasteiger partial charge in [0.25, 0.3) is 5.91 Å². The van der Waals surface area contributed by atoms with Gasteiger partial charge < -0.3 is 14.7 Å². The molecule has 6 nitrogen and oxygen atoms in total. The topological polar surface area (TPSA) is 76.8 Å². The van der Waals surface area contributed by atoms with E-state index < -0.39 is 0 Å². The van der Waals surface area contributed by atoms with E-state index in [-0.39, 0.29) is 17.7 Å². The molecule has 4 aromatic rings. The Hall–Kier alpha value is -4.34. The Morgan fingerprint density at radius 2 is 1.64 bits per heavy atom. The molecule has 1 saturated heterocycles. The largest absolute Gasteiger partial charge is 0.508 e. The van der Waals surface area contributed by atoms with Gasteiger partial charge in [0, 0.05) is 37.3 Å². The standard InChI is InChI=1S/C30H27N3O3/c1-36-25-13-11-22-12-14-27(34)28(26(22)19-25)29(23-9-7-21(20-31)8-10-23)32-15-17-33(18-16-32)30(35)24-5-3-2-4-6-24/h2-14,19,29,34H,15-18H2,1H3/t29-/m0/s1. The maximum Gasteiger partial charge on any atom is 0.253 e. The maximum atomic E-state index is 13.0. The van der Waals surface area contributed by atoms with E-state index in [0.29, 0.717) is 43.1 Å². The molecule has 1 fully saturated rings. The molecule has 180 valence electrons. The number of carbonyl (C=O) groups is 1. The first-order valence-corrected chi connectivity index (χ1v) is 12.0. The molecule has 0 spiro atoms. The predicted octanol–water partition coefficient (Wildman–Crippen LogP) is 4.97. The summed E-state index contributed by atoms with van der Waals surface area (Å²) in [5, 5.41) is 22.3. The minimum Gasteiger partial charge on any atom is -0.508 e. The number of ether oxygens (including phenoxy) is 1. The van der Waals surface area contributed by atoms with E-state index in [0.717, 1.165) is 21.9 Å². The molecule has 0 bridgehead atoms. The summed E-state index contributed by atoms with van der Waals surface area (Å²) in [5.74, 6) is 0.946. The van der Waals surface area contributed by atoms with Crippen LogP contribution >= 0.6 is 0 Å². The number of hydrogen-bond donors (Lipinski definition) is 1. The number of hydrogen-bond acceptors (Lipinski definition) is 5. The Morgan fingerprint density at radius 1 is 0.944 bits per heavy atom. The number of rotatable bonds is 5. The van der Waals surface area contributed by atoms with Crippen LogP contribution in [-0.4, -0.2) is 54.1 Å². The van der Waals surface area contributed by atoms with Crippen LogP contribution in [0.15, 0.2) is 84.9 Å². The van der Waals surface area contributed by atoms with Crippen LogP contribution in [-0.2, 0) is 0 Å². The van der Waals surface area contributed by atoms with Gasteiger partial charge in [0.15, 0.2) is 0 Å². The van der Waals surface area contributed by atoms with Crippen molar-refractivity contribution in [3.63, 3.8) is 0 Å². The lowest BCUT2D eigenvalue weighted by Gasteiger charge is -2.40. The lowest BCUT2D eigenvalue weighted by Crippen LogP contribution is -2.49. The summed E-state index contributed by atoms with van der Waals surface area (Å²) in [4.78, 5) is 17.2. The minimum absolute atomic E-state index is 0.0305. The Labute approximate surface area is 210 Å². The second-order valence-corrected chi connectivity index (χ2v) is 8.92. The Bertz CT molecular complexity index is 1420. The fourth-order valence-electron chi connectivity index (χ4n) is 4.97. The summed E-state index contributed by atoms with van der Waals surface area (Å²) in [5.41, 5.74) is 3.04. The van der Waals surface area contributed by atoms with Crippen molar-refractivity contribution in [2.45, 2.75) is 6.04 Å². The molecule has 1 aliphatic rings. The van der Waals surface area contributed by atoms with Crippen LogP contribution in [0.5, 0.6) is 11.5 Å².